The first-order chi connectivity index (χ1) is 8.40. The summed E-state index contributed by atoms with van der Waals surface area (Å²) in [6.07, 6.45) is 6.77. The third kappa shape index (κ3) is 4.23. The molecule has 0 spiro atoms. The fourth-order valence-corrected chi connectivity index (χ4v) is 2.72. The van der Waals surface area contributed by atoms with Crippen molar-refractivity contribution in [3.8, 4) is 0 Å². The number of halogens is 1. The lowest BCUT2D eigenvalue weighted by Gasteiger charge is -2.24. The minimum atomic E-state index is 0.601. The van der Waals surface area contributed by atoms with Gasteiger partial charge in [0, 0.05) is 38.3 Å². The minimum Gasteiger partial charge on any atom is -0.301 e. The summed E-state index contributed by atoms with van der Waals surface area (Å²) < 4.78 is 0. The van der Waals surface area contributed by atoms with E-state index < -0.39 is 0 Å². The minimum absolute atomic E-state index is 0.601. The van der Waals surface area contributed by atoms with E-state index in [-0.39, 0.29) is 0 Å². The van der Waals surface area contributed by atoms with E-state index in [0.29, 0.717) is 5.88 Å². The third-order valence-corrected chi connectivity index (χ3v) is 3.65. The molecule has 0 aliphatic carbocycles. The quantitative estimate of drug-likeness (QED) is 0.430. The van der Waals surface area contributed by atoms with Crippen LogP contribution in [-0.4, -0.2) is 61.4 Å². The molecule has 17 heavy (non-hydrogen) atoms. The van der Waals surface area contributed by atoms with E-state index >= 15 is 0 Å². The van der Waals surface area contributed by atoms with Gasteiger partial charge in [0.1, 0.15) is 0 Å². The van der Waals surface area contributed by atoms with Gasteiger partial charge in [-0.25, -0.2) is 0 Å². The first-order valence-corrected chi connectivity index (χ1v) is 7.02. The molecule has 2 fully saturated rings. The summed E-state index contributed by atoms with van der Waals surface area (Å²) in [6, 6.07) is 0.755. The Morgan fingerprint density at radius 3 is 3.18 bits per heavy atom. The van der Waals surface area contributed by atoms with Crippen molar-refractivity contribution in [2.24, 2.45) is 0 Å². The predicted octanol–water partition coefficient (Wildman–Crippen LogP) is 0.613. The maximum atomic E-state index is 5.57. The average Bonchev–Trinajstić information content (AvgIpc) is 2.68. The second-order valence-electron chi connectivity index (χ2n) is 4.77. The lowest BCUT2D eigenvalue weighted by atomic mass is 10.2. The van der Waals surface area contributed by atoms with Gasteiger partial charge in [-0.3, -0.25) is 15.1 Å². The average molecular weight is 259 g/mol. The summed E-state index contributed by atoms with van der Waals surface area (Å²) in [5.41, 5.74) is 0. The molecule has 5 heteroatoms. The van der Waals surface area contributed by atoms with Crippen molar-refractivity contribution < 1.29 is 0 Å². The second kappa shape index (κ2) is 7.34. The lowest BCUT2D eigenvalue weighted by molar-refractivity contribution is 0.212. The highest BCUT2D eigenvalue weighted by Crippen LogP contribution is 2.18. The Hall–Kier alpha value is -0.130. The summed E-state index contributed by atoms with van der Waals surface area (Å²) in [4.78, 5) is 5.01. The Labute approximate surface area is 109 Å². The molecule has 2 rings (SSSR count). The van der Waals surface area contributed by atoms with Crippen molar-refractivity contribution in [2.45, 2.75) is 18.9 Å². The first-order valence-electron chi connectivity index (χ1n) is 6.49. The van der Waals surface area contributed by atoms with Crippen LogP contribution in [0, 0.1) is 0 Å². The number of allylic oxidation sites excluding steroid dienone is 1. The third-order valence-electron chi connectivity index (χ3n) is 3.47. The molecule has 2 aliphatic heterocycles. The monoisotopic (exact) mass is 258 g/mol. The largest absolute Gasteiger partial charge is 0.301 e. The van der Waals surface area contributed by atoms with E-state index in [9.17, 15) is 0 Å². The number of fused-ring (bicyclic) bond motifs is 1. The molecule has 0 aromatic rings. The molecule has 2 N–H and O–H groups in total. The number of hydrogen-bond donors (Lipinski definition) is 2. The summed E-state index contributed by atoms with van der Waals surface area (Å²) in [5, 5.41) is 6.91. The molecule has 0 aromatic carbocycles. The zero-order valence-electron chi connectivity index (χ0n) is 10.4. The SMILES string of the molecule is ClC/C=C/CNCN1CNCN2CCCC2C1. The summed E-state index contributed by atoms with van der Waals surface area (Å²) in [7, 11) is 0. The molecule has 0 saturated carbocycles. The fourth-order valence-electron chi connectivity index (χ4n) is 2.60. The predicted molar refractivity (Wildman–Crippen MR) is 72.0 cm³/mol. The number of hydrogen-bond acceptors (Lipinski definition) is 4. The molecule has 0 bridgehead atoms. The Balaban J connectivity index is 1.68. The van der Waals surface area contributed by atoms with Gasteiger partial charge in [0.05, 0.1) is 6.67 Å². The van der Waals surface area contributed by atoms with Crippen LogP contribution in [0.2, 0.25) is 0 Å². The number of nitrogens with one attached hydrogen (secondary N) is 2. The van der Waals surface area contributed by atoms with Crippen LogP contribution < -0.4 is 10.6 Å². The molecule has 1 atom stereocenters. The lowest BCUT2D eigenvalue weighted by Crippen LogP contribution is -2.41. The molecule has 98 valence electrons. The van der Waals surface area contributed by atoms with Gasteiger partial charge in [0.25, 0.3) is 0 Å². The highest BCUT2D eigenvalue weighted by Gasteiger charge is 2.28. The molecule has 0 aromatic heterocycles. The standard InChI is InChI=1S/C12H23ClN4/c13-5-1-2-6-14-9-16-8-12-4-3-7-17(12)11-15-10-16/h1-2,12,14-15H,3-11H2/b2-1+. The van der Waals surface area contributed by atoms with Gasteiger partial charge in [0.15, 0.2) is 0 Å². The Bertz CT molecular complexity index is 247. The second-order valence-corrected chi connectivity index (χ2v) is 5.07. The van der Waals surface area contributed by atoms with Gasteiger partial charge in [-0.15, -0.1) is 11.6 Å². The molecular formula is C12H23ClN4. The van der Waals surface area contributed by atoms with E-state index in [1.54, 1.807) is 0 Å². The normalized spacial score (nSPS) is 27.5. The van der Waals surface area contributed by atoms with Gasteiger partial charge in [-0.05, 0) is 19.4 Å². The summed E-state index contributed by atoms with van der Waals surface area (Å²) >= 11 is 5.57. The molecule has 0 amide bonds. The molecule has 1 unspecified atom stereocenters. The zero-order valence-corrected chi connectivity index (χ0v) is 11.1. The molecule has 2 heterocycles. The van der Waals surface area contributed by atoms with E-state index in [4.69, 9.17) is 11.6 Å². The Morgan fingerprint density at radius 1 is 1.35 bits per heavy atom. The van der Waals surface area contributed by atoms with Crippen LogP contribution in [0.25, 0.3) is 0 Å². The van der Waals surface area contributed by atoms with Gasteiger partial charge in [-0.2, -0.15) is 0 Å². The maximum Gasteiger partial charge on any atom is 0.0503 e. The van der Waals surface area contributed by atoms with Crippen LogP contribution in [0.1, 0.15) is 12.8 Å². The Morgan fingerprint density at radius 2 is 2.29 bits per heavy atom. The van der Waals surface area contributed by atoms with Crippen molar-refractivity contribution in [3.63, 3.8) is 0 Å². The van der Waals surface area contributed by atoms with Crippen LogP contribution in [0.15, 0.2) is 12.2 Å². The molecule has 2 aliphatic rings. The van der Waals surface area contributed by atoms with Crippen LogP contribution in [0.3, 0.4) is 0 Å². The van der Waals surface area contributed by atoms with Gasteiger partial charge < -0.3 is 5.32 Å². The van der Waals surface area contributed by atoms with E-state index in [2.05, 4.69) is 26.5 Å². The zero-order chi connectivity index (χ0) is 11.9. The Kier molecular flexibility index (Phi) is 5.74. The van der Waals surface area contributed by atoms with Gasteiger partial charge in [-0.1, -0.05) is 12.2 Å². The highest BCUT2D eigenvalue weighted by molar-refractivity contribution is 6.18. The topological polar surface area (TPSA) is 30.5 Å². The number of nitrogens with zero attached hydrogens (tertiary/aromatic N) is 2. The van der Waals surface area contributed by atoms with Crippen molar-refractivity contribution in [2.75, 3.05) is 45.5 Å². The number of alkyl halides is 1. The van der Waals surface area contributed by atoms with Crippen molar-refractivity contribution in [3.05, 3.63) is 12.2 Å². The summed E-state index contributed by atoms with van der Waals surface area (Å²) in [6.45, 7) is 6.32. The van der Waals surface area contributed by atoms with E-state index in [1.165, 1.54) is 25.9 Å². The van der Waals surface area contributed by atoms with Crippen molar-refractivity contribution in [1.29, 1.82) is 0 Å². The number of rotatable bonds is 5. The van der Waals surface area contributed by atoms with Crippen LogP contribution in [0.4, 0.5) is 0 Å². The molecule has 2 saturated heterocycles. The van der Waals surface area contributed by atoms with Crippen LogP contribution in [0.5, 0.6) is 0 Å². The molecule has 0 radical (unpaired) electrons. The summed E-state index contributed by atoms with van der Waals surface area (Å²) in [5.74, 6) is 0.601. The van der Waals surface area contributed by atoms with Gasteiger partial charge >= 0.3 is 0 Å². The van der Waals surface area contributed by atoms with Crippen molar-refractivity contribution >= 4 is 11.6 Å². The van der Waals surface area contributed by atoms with Crippen molar-refractivity contribution in [1.82, 2.24) is 20.4 Å². The van der Waals surface area contributed by atoms with Crippen LogP contribution in [-0.2, 0) is 0 Å². The molecular weight excluding hydrogens is 236 g/mol. The van der Waals surface area contributed by atoms with Gasteiger partial charge in [0.2, 0.25) is 0 Å². The van der Waals surface area contributed by atoms with E-state index in [1.807, 2.05) is 6.08 Å². The smallest absolute Gasteiger partial charge is 0.0503 e. The highest BCUT2D eigenvalue weighted by atomic mass is 35.5. The fraction of sp³-hybridized carbons (Fsp3) is 0.833. The van der Waals surface area contributed by atoms with E-state index in [0.717, 1.165) is 32.6 Å². The van der Waals surface area contributed by atoms with Crippen LogP contribution >= 0.6 is 11.6 Å². The maximum absolute atomic E-state index is 5.57. The first kappa shape index (κ1) is 13.3. The molecule has 4 nitrogen and oxygen atoms in total.